The third-order valence-corrected chi connectivity index (χ3v) is 2.43. The maximum Gasteiger partial charge on any atom is 0.335 e. The summed E-state index contributed by atoms with van der Waals surface area (Å²) in [7, 11) is 1.45. The Balaban J connectivity index is 3.05. The number of nitrogens with two attached hydrogens (primary N) is 1. The van der Waals surface area contributed by atoms with Crippen LogP contribution in [0.25, 0.3) is 0 Å². The second-order valence-electron chi connectivity index (χ2n) is 3.32. The number of aliphatic carboxylic acids is 2. The molecule has 1 aliphatic rings. The van der Waals surface area contributed by atoms with E-state index in [1.807, 2.05) is 0 Å². The van der Waals surface area contributed by atoms with Gasteiger partial charge in [-0.3, -0.25) is 4.90 Å². The largest absolute Gasteiger partial charge is 0.479 e. The lowest BCUT2D eigenvalue weighted by atomic mass is 9.95. The number of carboxylic acid groups (broad SMARTS) is 2. The van der Waals surface area contributed by atoms with Crippen LogP contribution < -0.4 is 5.73 Å². The van der Waals surface area contributed by atoms with Crippen LogP contribution in [0, 0.1) is 0 Å². The summed E-state index contributed by atoms with van der Waals surface area (Å²) in [4.78, 5) is 23.0. The van der Waals surface area contributed by atoms with Crippen molar-refractivity contribution in [3.8, 4) is 0 Å². The highest BCUT2D eigenvalue weighted by molar-refractivity contribution is 6.03. The summed E-state index contributed by atoms with van der Waals surface area (Å²) in [6.45, 7) is 0.290. The van der Waals surface area contributed by atoms with Gasteiger partial charge in [0.15, 0.2) is 0 Å². The second-order valence-corrected chi connectivity index (χ2v) is 3.32. The van der Waals surface area contributed by atoms with Crippen LogP contribution in [0.5, 0.6) is 0 Å². The van der Waals surface area contributed by atoms with Gasteiger partial charge in [-0.05, 0) is 7.05 Å². The molecule has 0 radical (unpaired) electrons. The van der Waals surface area contributed by atoms with Crippen LogP contribution in [0.4, 0.5) is 0 Å². The van der Waals surface area contributed by atoms with Gasteiger partial charge in [-0.25, -0.2) is 9.59 Å². The molecule has 1 rings (SSSR count). The molecule has 6 heteroatoms. The lowest BCUT2D eigenvalue weighted by Gasteiger charge is -2.26. The minimum atomic E-state index is -1.83. The number of likely N-dealkylation sites (tertiary alicyclic amines) is 1. The fraction of sp³-hybridized carbons (Fsp3) is 0.714. The topological polar surface area (TPSA) is 104 Å². The number of hydrogen-bond acceptors (Lipinski definition) is 4. The summed E-state index contributed by atoms with van der Waals surface area (Å²) in [5, 5.41) is 17.7. The Labute approximate surface area is 74.9 Å². The van der Waals surface area contributed by atoms with E-state index in [2.05, 4.69) is 0 Å². The molecule has 1 unspecified atom stereocenters. The summed E-state index contributed by atoms with van der Waals surface area (Å²) < 4.78 is 0. The van der Waals surface area contributed by atoms with Gasteiger partial charge in [-0.1, -0.05) is 0 Å². The molecule has 0 aromatic carbocycles. The smallest absolute Gasteiger partial charge is 0.335 e. The first-order chi connectivity index (χ1) is 5.91. The van der Waals surface area contributed by atoms with Crippen LogP contribution in [0.2, 0.25) is 0 Å². The van der Waals surface area contributed by atoms with Gasteiger partial charge in [0.25, 0.3) is 0 Å². The number of likely N-dealkylation sites (N-methyl/N-ethyl adjacent to an activating group) is 1. The molecule has 0 amide bonds. The molecule has 6 nitrogen and oxygen atoms in total. The van der Waals surface area contributed by atoms with Crippen molar-refractivity contribution in [3.63, 3.8) is 0 Å². The minimum absolute atomic E-state index is 0.0475. The van der Waals surface area contributed by atoms with Gasteiger partial charge in [0, 0.05) is 19.0 Å². The van der Waals surface area contributed by atoms with Gasteiger partial charge in [0.1, 0.15) is 0 Å². The fourth-order valence-corrected chi connectivity index (χ4v) is 1.70. The van der Waals surface area contributed by atoms with Crippen LogP contribution >= 0.6 is 0 Å². The zero-order chi connectivity index (χ0) is 10.2. The van der Waals surface area contributed by atoms with Crippen LogP contribution in [-0.4, -0.2) is 52.2 Å². The SMILES string of the molecule is CN1CC(N)CC1(C(=O)O)C(=O)O. The molecule has 13 heavy (non-hydrogen) atoms. The van der Waals surface area contributed by atoms with Crippen molar-refractivity contribution < 1.29 is 19.8 Å². The van der Waals surface area contributed by atoms with Crippen molar-refractivity contribution in [1.82, 2.24) is 4.90 Å². The molecule has 4 N–H and O–H groups in total. The summed E-state index contributed by atoms with van der Waals surface area (Å²) in [6.07, 6.45) is -0.0475. The normalized spacial score (nSPS) is 27.4. The van der Waals surface area contributed by atoms with Crippen LogP contribution in [0.3, 0.4) is 0 Å². The van der Waals surface area contributed by atoms with E-state index in [-0.39, 0.29) is 6.42 Å². The molecular weight excluding hydrogens is 176 g/mol. The molecule has 74 valence electrons. The standard InChI is InChI=1S/C7H12N2O4/c1-9-3-4(8)2-7(9,5(10)11)6(12)13/h4H,2-3,8H2,1H3,(H,10,11)(H,12,13). The molecular formula is C7H12N2O4. The summed E-state index contributed by atoms with van der Waals surface area (Å²) in [5.41, 5.74) is 3.67. The minimum Gasteiger partial charge on any atom is -0.479 e. The lowest BCUT2D eigenvalue weighted by molar-refractivity contribution is -0.164. The molecule has 1 saturated heterocycles. The monoisotopic (exact) mass is 188 g/mol. The molecule has 1 heterocycles. The van der Waals surface area contributed by atoms with Gasteiger partial charge in [0.2, 0.25) is 5.54 Å². The molecule has 1 atom stereocenters. The quantitative estimate of drug-likeness (QED) is 0.458. The van der Waals surface area contributed by atoms with E-state index < -0.39 is 23.5 Å². The maximum absolute atomic E-state index is 10.8. The van der Waals surface area contributed by atoms with Crippen molar-refractivity contribution in [1.29, 1.82) is 0 Å². The van der Waals surface area contributed by atoms with Gasteiger partial charge in [-0.2, -0.15) is 0 Å². The summed E-state index contributed by atoms with van der Waals surface area (Å²) in [6, 6.07) is -0.391. The Bertz CT molecular complexity index is 239. The van der Waals surface area contributed by atoms with E-state index in [0.717, 1.165) is 0 Å². The van der Waals surface area contributed by atoms with E-state index >= 15 is 0 Å². The molecule has 1 aliphatic heterocycles. The molecule has 1 fully saturated rings. The van der Waals surface area contributed by atoms with E-state index in [1.165, 1.54) is 11.9 Å². The number of nitrogens with zero attached hydrogens (tertiary/aromatic N) is 1. The van der Waals surface area contributed by atoms with Crippen molar-refractivity contribution in [3.05, 3.63) is 0 Å². The van der Waals surface area contributed by atoms with Crippen molar-refractivity contribution in [2.24, 2.45) is 5.73 Å². The Kier molecular flexibility index (Phi) is 2.27. The third kappa shape index (κ3) is 1.27. The van der Waals surface area contributed by atoms with Crippen molar-refractivity contribution in [2.75, 3.05) is 13.6 Å². The molecule has 0 aliphatic carbocycles. The molecule has 0 aromatic rings. The number of rotatable bonds is 2. The number of carboxylic acids is 2. The molecule has 0 bridgehead atoms. The first-order valence-electron chi connectivity index (χ1n) is 3.85. The zero-order valence-electron chi connectivity index (χ0n) is 7.23. The predicted molar refractivity (Wildman–Crippen MR) is 43.2 cm³/mol. The average Bonchev–Trinajstić information content (AvgIpc) is 2.26. The average molecular weight is 188 g/mol. The van der Waals surface area contributed by atoms with Gasteiger partial charge in [0.05, 0.1) is 0 Å². The second kappa shape index (κ2) is 2.97. The molecule has 0 spiro atoms. The van der Waals surface area contributed by atoms with Crippen molar-refractivity contribution in [2.45, 2.75) is 18.0 Å². The van der Waals surface area contributed by atoms with Gasteiger partial charge >= 0.3 is 11.9 Å². The molecule has 0 saturated carbocycles. The van der Waals surface area contributed by atoms with Gasteiger partial charge < -0.3 is 15.9 Å². The number of hydrogen-bond donors (Lipinski definition) is 3. The zero-order valence-corrected chi connectivity index (χ0v) is 7.23. The first-order valence-corrected chi connectivity index (χ1v) is 3.85. The Morgan fingerprint density at radius 1 is 1.46 bits per heavy atom. The maximum atomic E-state index is 10.8. The lowest BCUT2D eigenvalue weighted by Crippen LogP contribution is -2.55. The predicted octanol–water partition coefficient (Wildman–Crippen LogP) is -1.44. The highest BCUT2D eigenvalue weighted by Gasteiger charge is 2.55. The highest BCUT2D eigenvalue weighted by Crippen LogP contribution is 2.27. The Morgan fingerprint density at radius 2 is 1.92 bits per heavy atom. The van der Waals surface area contributed by atoms with Crippen LogP contribution in [0.15, 0.2) is 0 Å². The van der Waals surface area contributed by atoms with Crippen molar-refractivity contribution >= 4 is 11.9 Å². The molecule has 0 aromatic heterocycles. The number of carbonyl (C=O) groups is 2. The van der Waals surface area contributed by atoms with E-state index in [1.54, 1.807) is 0 Å². The highest BCUT2D eigenvalue weighted by atomic mass is 16.4. The summed E-state index contributed by atoms with van der Waals surface area (Å²) in [5.74, 6) is -2.70. The van der Waals surface area contributed by atoms with Gasteiger partial charge in [-0.15, -0.1) is 0 Å². The summed E-state index contributed by atoms with van der Waals surface area (Å²) >= 11 is 0. The third-order valence-electron chi connectivity index (χ3n) is 2.43. The Hall–Kier alpha value is -1.14. The first kappa shape index (κ1) is 9.94. The van der Waals surface area contributed by atoms with E-state index in [9.17, 15) is 9.59 Å². The Morgan fingerprint density at radius 3 is 2.08 bits per heavy atom. The fourth-order valence-electron chi connectivity index (χ4n) is 1.70. The van der Waals surface area contributed by atoms with Crippen LogP contribution in [0.1, 0.15) is 6.42 Å². The van der Waals surface area contributed by atoms with E-state index in [0.29, 0.717) is 6.54 Å². The van der Waals surface area contributed by atoms with E-state index in [4.69, 9.17) is 15.9 Å². The van der Waals surface area contributed by atoms with Crippen LogP contribution in [-0.2, 0) is 9.59 Å².